The van der Waals surface area contributed by atoms with Gasteiger partial charge in [0.25, 0.3) is 0 Å². The van der Waals surface area contributed by atoms with Gasteiger partial charge in [0.15, 0.2) is 0 Å². The maximum atomic E-state index is 13.1. The highest BCUT2D eigenvalue weighted by Gasteiger charge is 1.98. The van der Waals surface area contributed by atoms with Crippen LogP contribution in [0.25, 0.3) is 0 Å². The van der Waals surface area contributed by atoms with Gasteiger partial charge < -0.3 is 5.32 Å². The lowest BCUT2D eigenvalue weighted by Gasteiger charge is -2.07. The molecule has 0 aromatic heterocycles. The van der Waals surface area contributed by atoms with E-state index in [0.29, 0.717) is 12.2 Å². The van der Waals surface area contributed by atoms with E-state index in [2.05, 4.69) is 11.9 Å². The zero-order valence-corrected chi connectivity index (χ0v) is 7.81. The Morgan fingerprint density at radius 2 is 2.15 bits per heavy atom. The summed E-state index contributed by atoms with van der Waals surface area (Å²) < 4.78 is 13.1. The monoisotopic (exact) mass is 179 g/mol. The third-order valence-electron chi connectivity index (χ3n) is 1.90. The molecule has 13 heavy (non-hydrogen) atoms. The number of halogens is 1. The van der Waals surface area contributed by atoms with E-state index in [1.807, 2.05) is 6.92 Å². The summed E-state index contributed by atoms with van der Waals surface area (Å²) >= 11 is 0. The molecule has 1 aromatic carbocycles. The van der Waals surface area contributed by atoms with E-state index in [4.69, 9.17) is 0 Å². The predicted octanol–water partition coefficient (Wildman–Crippen LogP) is 3.20. The second kappa shape index (κ2) is 4.65. The van der Waals surface area contributed by atoms with Crippen molar-refractivity contribution in [3.8, 4) is 0 Å². The molecule has 0 aliphatic carbocycles. The molecule has 0 bridgehead atoms. The molecule has 1 aromatic rings. The Kier molecular flexibility index (Phi) is 3.50. The van der Waals surface area contributed by atoms with Crippen LogP contribution in [0.15, 0.2) is 36.4 Å². The number of hydrogen-bond donors (Lipinski definition) is 1. The SMILES string of the molecule is C=C(CC)CNc1ccccc1F. The summed E-state index contributed by atoms with van der Waals surface area (Å²) in [7, 11) is 0. The van der Waals surface area contributed by atoms with Gasteiger partial charge in [-0.2, -0.15) is 0 Å². The zero-order chi connectivity index (χ0) is 9.68. The van der Waals surface area contributed by atoms with Gasteiger partial charge in [-0.3, -0.25) is 0 Å². The molecule has 1 N–H and O–H groups in total. The summed E-state index contributed by atoms with van der Waals surface area (Å²) in [5.74, 6) is -0.216. The van der Waals surface area contributed by atoms with Crippen molar-refractivity contribution in [3.63, 3.8) is 0 Å². The van der Waals surface area contributed by atoms with Crippen molar-refractivity contribution in [1.29, 1.82) is 0 Å². The third-order valence-corrected chi connectivity index (χ3v) is 1.90. The van der Waals surface area contributed by atoms with Crippen LogP contribution in [-0.2, 0) is 0 Å². The zero-order valence-electron chi connectivity index (χ0n) is 7.81. The summed E-state index contributed by atoms with van der Waals surface area (Å²) in [6.07, 6.45) is 0.918. The third kappa shape index (κ3) is 2.90. The molecule has 0 atom stereocenters. The van der Waals surface area contributed by atoms with Crippen LogP contribution in [0.1, 0.15) is 13.3 Å². The minimum absolute atomic E-state index is 0.216. The van der Waals surface area contributed by atoms with E-state index in [9.17, 15) is 4.39 Å². The molecule has 0 fully saturated rings. The van der Waals surface area contributed by atoms with Gasteiger partial charge in [-0.1, -0.05) is 31.2 Å². The van der Waals surface area contributed by atoms with Crippen molar-refractivity contribution < 1.29 is 4.39 Å². The van der Waals surface area contributed by atoms with Crippen LogP contribution in [-0.4, -0.2) is 6.54 Å². The Labute approximate surface area is 78.3 Å². The van der Waals surface area contributed by atoms with E-state index >= 15 is 0 Å². The Balaban J connectivity index is 2.54. The van der Waals surface area contributed by atoms with Crippen molar-refractivity contribution in [2.45, 2.75) is 13.3 Å². The normalized spacial score (nSPS) is 9.69. The summed E-state index contributed by atoms with van der Waals surface area (Å²) in [6, 6.07) is 6.64. The fourth-order valence-electron chi connectivity index (χ4n) is 0.950. The van der Waals surface area contributed by atoms with Crippen LogP contribution in [0.5, 0.6) is 0 Å². The summed E-state index contributed by atoms with van der Waals surface area (Å²) in [4.78, 5) is 0. The van der Waals surface area contributed by atoms with E-state index in [1.54, 1.807) is 18.2 Å². The average molecular weight is 179 g/mol. The minimum atomic E-state index is -0.216. The molecule has 0 spiro atoms. The van der Waals surface area contributed by atoms with Crippen LogP contribution in [0.3, 0.4) is 0 Å². The van der Waals surface area contributed by atoms with Gasteiger partial charge in [0.1, 0.15) is 5.82 Å². The smallest absolute Gasteiger partial charge is 0.146 e. The standard InChI is InChI=1S/C11H14FN/c1-3-9(2)8-13-11-7-5-4-6-10(11)12/h4-7,13H,2-3,8H2,1H3. The van der Waals surface area contributed by atoms with Gasteiger partial charge in [-0.05, 0) is 18.6 Å². The fraction of sp³-hybridized carbons (Fsp3) is 0.273. The number of rotatable bonds is 4. The van der Waals surface area contributed by atoms with Crippen molar-refractivity contribution in [2.75, 3.05) is 11.9 Å². The number of benzene rings is 1. The molecular formula is C11H14FN. The lowest BCUT2D eigenvalue weighted by molar-refractivity contribution is 0.630. The van der Waals surface area contributed by atoms with Crippen LogP contribution < -0.4 is 5.32 Å². The number of anilines is 1. The lowest BCUT2D eigenvalue weighted by Crippen LogP contribution is -2.04. The molecule has 0 aliphatic heterocycles. The molecule has 1 nitrogen and oxygen atoms in total. The molecule has 0 unspecified atom stereocenters. The number of para-hydroxylation sites is 1. The molecule has 0 amide bonds. The van der Waals surface area contributed by atoms with Crippen LogP contribution >= 0.6 is 0 Å². The quantitative estimate of drug-likeness (QED) is 0.700. The van der Waals surface area contributed by atoms with Gasteiger partial charge in [-0.25, -0.2) is 4.39 Å². The molecule has 70 valence electrons. The maximum Gasteiger partial charge on any atom is 0.146 e. The van der Waals surface area contributed by atoms with Crippen LogP contribution in [0.2, 0.25) is 0 Å². The second-order valence-electron chi connectivity index (χ2n) is 2.94. The van der Waals surface area contributed by atoms with Gasteiger partial charge in [-0.15, -0.1) is 0 Å². The Morgan fingerprint density at radius 1 is 1.46 bits per heavy atom. The maximum absolute atomic E-state index is 13.1. The topological polar surface area (TPSA) is 12.0 Å². The highest BCUT2D eigenvalue weighted by atomic mass is 19.1. The van der Waals surface area contributed by atoms with Crippen molar-refractivity contribution in [3.05, 3.63) is 42.2 Å². The molecule has 0 saturated heterocycles. The first-order valence-corrected chi connectivity index (χ1v) is 4.39. The molecule has 0 radical (unpaired) electrons. The van der Waals surface area contributed by atoms with Crippen molar-refractivity contribution in [2.24, 2.45) is 0 Å². The highest BCUT2D eigenvalue weighted by molar-refractivity contribution is 5.45. The number of hydrogen-bond acceptors (Lipinski definition) is 1. The van der Waals surface area contributed by atoms with Crippen molar-refractivity contribution in [1.82, 2.24) is 0 Å². The largest absolute Gasteiger partial charge is 0.379 e. The predicted molar refractivity (Wildman–Crippen MR) is 54.3 cm³/mol. The summed E-state index contributed by atoms with van der Waals surface area (Å²) in [5.41, 5.74) is 1.61. The Bertz CT molecular complexity index is 294. The van der Waals surface area contributed by atoms with Crippen LogP contribution in [0, 0.1) is 5.82 Å². The molecule has 0 saturated carbocycles. The first-order valence-electron chi connectivity index (χ1n) is 4.39. The minimum Gasteiger partial charge on any atom is -0.379 e. The Morgan fingerprint density at radius 3 is 2.77 bits per heavy atom. The first kappa shape index (κ1) is 9.78. The van der Waals surface area contributed by atoms with E-state index < -0.39 is 0 Å². The van der Waals surface area contributed by atoms with E-state index in [0.717, 1.165) is 12.0 Å². The molecule has 0 aliphatic rings. The van der Waals surface area contributed by atoms with Crippen LogP contribution in [0.4, 0.5) is 10.1 Å². The van der Waals surface area contributed by atoms with Gasteiger partial charge in [0.05, 0.1) is 5.69 Å². The molecule has 1 rings (SSSR count). The van der Waals surface area contributed by atoms with E-state index in [1.165, 1.54) is 6.07 Å². The molecule has 0 heterocycles. The Hall–Kier alpha value is -1.31. The molecular weight excluding hydrogens is 165 g/mol. The fourth-order valence-corrected chi connectivity index (χ4v) is 0.950. The van der Waals surface area contributed by atoms with Gasteiger partial charge in [0.2, 0.25) is 0 Å². The second-order valence-corrected chi connectivity index (χ2v) is 2.94. The first-order chi connectivity index (χ1) is 6.24. The van der Waals surface area contributed by atoms with Gasteiger partial charge in [0, 0.05) is 6.54 Å². The molecule has 2 heteroatoms. The van der Waals surface area contributed by atoms with E-state index in [-0.39, 0.29) is 5.82 Å². The average Bonchev–Trinajstić information content (AvgIpc) is 2.16. The summed E-state index contributed by atoms with van der Waals surface area (Å²) in [6.45, 7) is 6.50. The lowest BCUT2D eigenvalue weighted by atomic mass is 10.2. The highest BCUT2D eigenvalue weighted by Crippen LogP contribution is 2.12. The van der Waals surface area contributed by atoms with Gasteiger partial charge >= 0.3 is 0 Å². The summed E-state index contributed by atoms with van der Waals surface area (Å²) in [5, 5.41) is 2.99. The van der Waals surface area contributed by atoms with Crippen molar-refractivity contribution >= 4 is 5.69 Å². The number of nitrogens with one attached hydrogen (secondary N) is 1.